The van der Waals surface area contributed by atoms with Crippen molar-refractivity contribution in [1.82, 2.24) is 16.0 Å². The van der Waals surface area contributed by atoms with Gasteiger partial charge >= 0.3 is 0 Å². The lowest BCUT2D eigenvalue weighted by Crippen LogP contribution is -2.48. The van der Waals surface area contributed by atoms with Crippen molar-refractivity contribution in [2.24, 2.45) is 16.3 Å². The van der Waals surface area contributed by atoms with Crippen LogP contribution in [0.5, 0.6) is 0 Å². The third-order valence-electron chi connectivity index (χ3n) is 6.34. The van der Waals surface area contributed by atoms with E-state index in [-0.39, 0.29) is 23.1 Å². The van der Waals surface area contributed by atoms with Crippen molar-refractivity contribution in [2.75, 3.05) is 19.6 Å². The molecule has 0 radical (unpaired) electrons. The van der Waals surface area contributed by atoms with Crippen molar-refractivity contribution >= 4 is 23.7 Å². The minimum absolute atomic E-state index is 0.0615. The average molecular weight is 474 g/mol. The molecular weight excluding hydrogens is 430 g/mol. The van der Waals surface area contributed by atoms with E-state index in [9.17, 15) is 19.4 Å². The van der Waals surface area contributed by atoms with Gasteiger partial charge in [-0.15, -0.1) is 12.6 Å². The molecule has 9 nitrogen and oxygen atoms in total. The maximum atomic E-state index is 12.0. The van der Waals surface area contributed by atoms with Gasteiger partial charge < -0.3 is 16.0 Å². The molecule has 2 atom stereocenters. The SMILES string of the molecule is CC(N=O)C(C)(C)NCCC(CCNC(=O)CCCC(=O)S)CCNC(C)(C)C(C)N=O. The van der Waals surface area contributed by atoms with Gasteiger partial charge in [0.2, 0.25) is 5.91 Å². The molecule has 1 amide bonds. The van der Waals surface area contributed by atoms with Crippen molar-refractivity contribution in [3.8, 4) is 0 Å². The number of nitroso groups, excluding NO2 is 2. The van der Waals surface area contributed by atoms with Crippen LogP contribution in [0.15, 0.2) is 10.4 Å². The molecule has 3 N–H and O–H groups in total. The highest BCUT2D eigenvalue weighted by Crippen LogP contribution is 2.17. The number of nitrogens with one attached hydrogen (secondary N) is 3. The summed E-state index contributed by atoms with van der Waals surface area (Å²) < 4.78 is 0. The van der Waals surface area contributed by atoms with E-state index in [1.165, 1.54) is 0 Å². The van der Waals surface area contributed by atoms with Gasteiger partial charge in [0.1, 0.15) is 12.1 Å². The molecule has 0 aromatic heterocycles. The maximum Gasteiger partial charge on any atom is 0.220 e. The van der Waals surface area contributed by atoms with Crippen LogP contribution < -0.4 is 16.0 Å². The fraction of sp³-hybridized carbons (Fsp3) is 0.909. The minimum atomic E-state index is -0.393. The number of carbonyl (C=O) groups is 2. The Kier molecular flexibility index (Phi) is 14.8. The first-order valence-electron chi connectivity index (χ1n) is 11.5. The normalized spacial score (nSPS) is 15.0. The molecule has 0 rings (SSSR count). The number of hydrogen-bond acceptors (Lipinski definition) is 8. The predicted molar refractivity (Wildman–Crippen MR) is 133 cm³/mol. The second-order valence-corrected chi connectivity index (χ2v) is 10.2. The molecule has 10 heteroatoms. The first kappa shape index (κ1) is 30.6. The molecule has 0 saturated heterocycles. The quantitative estimate of drug-likeness (QED) is 0.168. The standard InChI is InChI=1S/C22H43N5O4S/c1-16(26-30)21(3,4)24-14-11-18(12-15-25-22(5,6)17(2)27-31)10-13-23-19(28)8-7-9-20(29)32/h16-18,24-25H,7-15H2,1-6H3,(H,23,28)(H,29,32). The first-order chi connectivity index (χ1) is 14.9. The Morgan fingerprint density at radius 1 is 0.812 bits per heavy atom. The summed E-state index contributed by atoms with van der Waals surface area (Å²) in [6, 6.07) is -0.687. The van der Waals surface area contributed by atoms with E-state index < -0.39 is 11.1 Å². The summed E-state index contributed by atoms with van der Waals surface area (Å²) in [4.78, 5) is 44.6. The summed E-state index contributed by atoms with van der Waals surface area (Å²) in [7, 11) is 0. The number of nitrogens with zero attached hydrogens (tertiary/aromatic N) is 2. The summed E-state index contributed by atoms with van der Waals surface area (Å²) in [5.74, 6) is 0.272. The fourth-order valence-corrected chi connectivity index (χ4v) is 3.25. The highest BCUT2D eigenvalue weighted by molar-refractivity contribution is 7.96. The van der Waals surface area contributed by atoms with Crippen molar-refractivity contribution in [2.45, 2.75) is 103 Å². The molecule has 0 aliphatic rings. The molecule has 0 aromatic carbocycles. The van der Waals surface area contributed by atoms with Gasteiger partial charge in [-0.05, 0) is 86.2 Å². The summed E-state index contributed by atoms with van der Waals surface area (Å²) in [6.07, 6.45) is 3.68. The number of thiol groups is 1. The Morgan fingerprint density at radius 3 is 1.66 bits per heavy atom. The molecule has 0 heterocycles. The van der Waals surface area contributed by atoms with Crippen LogP contribution in [-0.2, 0) is 9.59 Å². The molecule has 0 spiro atoms. The molecular formula is C22H43N5O4S. The Morgan fingerprint density at radius 2 is 1.25 bits per heavy atom. The number of hydrogen-bond donors (Lipinski definition) is 4. The smallest absolute Gasteiger partial charge is 0.220 e. The largest absolute Gasteiger partial charge is 0.356 e. The van der Waals surface area contributed by atoms with Crippen LogP contribution in [0.4, 0.5) is 0 Å². The van der Waals surface area contributed by atoms with E-state index in [0.29, 0.717) is 31.7 Å². The van der Waals surface area contributed by atoms with Gasteiger partial charge in [-0.2, -0.15) is 9.81 Å². The van der Waals surface area contributed by atoms with E-state index in [2.05, 4.69) is 38.9 Å². The van der Waals surface area contributed by atoms with E-state index in [0.717, 1.165) is 32.4 Å². The zero-order chi connectivity index (χ0) is 24.8. The zero-order valence-electron chi connectivity index (χ0n) is 20.6. The third kappa shape index (κ3) is 13.2. The van der Waals surface area contributed by atoms with Crippen LogP contribution in [0.3, 0.4) is 0 Å². The van der Waals surface area contributed by atoms with Crippen molar-refractivity contribution in [3.63, 3.8) is 0 Å². The van der Waals surface area contributed by atoms with Gasteiger partial charge in [-0.3, -0.25) is 9.59 Å². The molecule has 0 saturated carbocycles. The average Bonchev–Trinajstić information content (AvgIpc) is 2.71. The molecule has 2 unspecified atom stereocenters. The van der Waals surface area contributed by atoms with Gasteiger partial charge in [0.15, 0.2) is 5.12 Å². The van der Waals surface area contributed by atoms with Crippen LogP contribution in [0.2, 0.25) is 0 Å². The lowest BCUT2D eigenvalue weighted by Gasteiger charge is -2.31. The summed E-state index contributed by atoms with van der Waals surface area (Å²) >= 11 is 3.71. The minimum Gasteiger partial charge on any atom is -0.356 e. The Balaban J connectivity index is 4.67. The molecule has 186 valence electrons. The van der Waals surface area contributed by atoms with Gasteiger partial charge in [-0.25, -0.2) is 0 Å². The van der Waals surface area contributed by atoms with E-state index in [4.69, 9.17) is 0 Å². The maximum absolute atomic E-state index is 12.0. The Bertz CT molecular complexity index is 569. The second kappa shape index (κ2) is 15.4. The van der Waals surface area contributed by atoms with Crippen LogP contribution >= 0.6 is 12.6 Å². The van der Waals surface area contributed by atoms with Gasteiger partial charge in [0.25, 0.3) is 0 Å². The van der Waals surface area contributed by atoms with E-state index in [1.807, 2.05) is 27.7 Å². The molecule has 0 fully saturated rings. The highest BCUT2D eigenvalue weighted by Gasteiger charge is 2.27. The van der Waals surface area contributed by atoms with Crippen molar-refractivity contribution in [3.05, 3.63) is 9.81 Å². The highest BCUT2D eigenvalue weighted by atomic mass is 32.1. The van der Waals surface area contributed by atoms with Crippen LogP contribution in [0.25, 0.3) is 0 Å². The molecule has 32 heavy (non-hydrogen) atoms. The fourth-order valence-electron chi connectivity index (χ4n) is 3.09. The Labute approximate surface area is 198 Å². The number of carbonyl (C=O) groups excluding carboxylic acids is 2. The topological polar surface area (TPSA) is 129 Å². The summed E-state index contributed by atoms with van der Waals surface area (Å²) in [5, 5.41) is 15.8. The van der Waals surface area contributed by atoms with E-state index in [1.54, 1.807) is 13.8 Å². The van der Waals surface area contributed by atoms with Crippen LogP contribution in [0.1, 0.15) is 80.1 Å². The molecule has 0 aliphatic carbocycles. The van der Waals surface area contributed by atoms with Crippen LogP contribution in [-0.4, -0.2) is 53.8 Å². The van der Waals surface area contributed by atoms with Crippen molar-refractivity contribution in [1.29, 1.82) is 0 Å². The predicted octanol–water partition coefficient (Wildman–Crippen LogP) is 3.56. The zero-order valence-corrected chi connectivity index (χ0v) is 21.5. The van der Waals surface area contributed by atoms with Gasteiger partial charge in [-0.1, -0.05) is 10.4 Å². The lowest BCUT2D eigenvalue weighted by atomic mass is 9.92. The third-order valence-corrected chi connectivity index (χ3v) is 6.56. The molecule has 0 bridgehead atoms. The number of amides is 1. The first-order valence-corrected chi connectivity index (χ1v) is 11.9. The monoisotopic (exact) mass is 473 g/mol. The number of rotatable bonds is 19. The molecule has 0 aromatic rings. The van der Waals surface area contributed by atoms with Gasteiger partial charge in [0.05, 0.1) is 0 Å². The summed E-state index contributed by atoms with van der Waals surface area (Å²) in [6.45, 7) is 13.4. The van der Waals surface area contributed by atoms with Crippen LogP contribution in [0, 0.1) is 15.7 Å². The van der Waals surface area contributed by atoms with Gasteiger partial charge in [0, 0.05) is 30.5 Å². The molecule has 0 aliphatic heterocycles. The van der Waals surface area contributed by atoms with E-state index >= 15 is 0 Å². The second-order valence-electron chi connectivity index (χ2n) is 9.69. The van der Waals surface area contributed by atoms with Crippen molar-refractivity contribution < 1.29 is 9.59 Å². The summed E-state index contributed by atoms with van der Waals surface area (Å²) in [5.41, 5.74) is -0.785. The lowest BCUT2D eigenvalue weighted by molar-refractivity contribution is -0.121. The Hall–Kier alpha value is -1.39.